The van der Waals surface area contributed by atoms with E-state index in [9.17, 15) is 9.59 Å². The molecule has 0 saturated heterocycles. The van der Waals surface area contributed by atoms with Crippen LogP contribution in [0, 0.1) is 0 Å². The zero-order valence-corrected chi connectivity index (χ0v) is 17.2. The Kier molecular flexibility index (Phi) is 7.97. The first-order valence-electron chi connectivity index (χ1n) is 9.34. The maximum Gasteiger partial charge on any atom is 0.336 e. The van der Waals surface area contributed by atoms with Crippen molar-refractivity contribution in [1.82, 2.24) is 5.43 Å². The summed E-state index contributed by atoms with van der Waals surface area (Å²) in [6.45, 7) is -0.191. The number of amides is 1. The molecule has 0 aromatic heterocycles. The van der Waals surface area contributed by atoms with Gasteiger partial charge in [0, 0.05) is 11.1 Å². The molecule has 7 heteroatoms. The molecule has 156 valence electrons. The highest BCUT2D eigenvalue weighted by molar-refractivity contribution is 6.30. The predicted molar refractivity (Wildman–Crippen MR) is 120 cm³/mol. The van der Waals surface area contributed by atoms with E-state index in [1.165, 1.54) is 12.3 Å². The van der Waals surface area contributed by atoms with Crippen molar-refractivity contribution in [1.29, 1.82) is 0 Å². The zero-order valence-electron chi connectivity index (χ0n) is 16.4. The molecule has 0 aliphatic rings. The molecule has 0 atom stereocenters. The number of hydrogen-bond acceptors (Lipinski definition) is 5. The van der Waals surface area contributed by atoms with Crippen molar-refractivity contribution < 1.29 is 19.1 Å². The number of carbonyl (C=O) groups excluding carboxylic acids is 2. The highest BCUT2D eigenvalue weighted by atomic mass is 35.5. The van der Waals surface area contributed by atoms with E-state index < -0.39 is 11.9 Å². The molecule has 0 aliphatic heterocycles. The first-order valence-corrected chi connectivity index (χ1v) is 9.71. The normalized spacial score (nSPS) is 10.9. The highest BCUT2D eigenvalue weighted by Crippen LogP contribution is 2.16. The number of halogens is 1. The lowest BCUT2D eigenvalue weighted by atomic mass is 10.2. The molecule has 1 amide bonds. The van der Waals surface area contributed by atoms with Crippen molar-refractivity contribution >= 4 is 35.8 Å². The molecule has 31 heavy (non-hydrogen) atoms. The third-order valence-corrected chi connectivity index (χ3v) is 4.11. The largest absolute Gasteiger partial charge is 0.484 e. The van der Waals surface area contributed by atoms with Crippen molar-refractivity contribution in [2.45, 2.75) is 0 Å². The van der Waals surface area contributed by atoms with Gasteiger partial charge in [-0.05, 0) is 59.7 Å². The van der Waals surface area contributed by atoms with Crippen LogP contribution in [0.15, 0.2) is 90.0 Å². The summed E-state index contributed by atoms with van der Waals surface area (Å²) in [5.74, 6) is 0.0124. The summed E-state index contributed by atoms with van der Waals surface area (Å²) in [4.78, 5) is 23.7. The zero-order chi connectivity index (χ0) is 21.9. The summed E-state index contributed by atoms with van der Waals surface area (Å²) in [5, 5.41) is 4.40. The molecule has 0 bridgehead atoms. The molecule has 0 unspecified atom stereocenters. The molecule has 0 radical (unpaired) electrons. The number of nitrogens with one attached hydrogen (secondary N) is 1. The van der Waals surface area contributed by atoms with Crippen molar-refractivity contribution in [2.75, 3.05) is 6.61 Å². The molecule has 3 aromatic carbocycles. The van der Waals surface area contributed by atoms with Crippen LogP contribution in [0.1, 0.15) is 11.1 Å². The second-order valence-electron chi connectivity index (χ2n) is 6.27. The van der Waals surface area contributed by atoms with Gasteiger partial charge in [-0.1, -0.05) is 48.0 Å². The van der Waals surface area contributed by atoms with Gasteiger partial charge >= 0.3 is 5.97 Å². The van der Waals surface area contributed by atoms with Crippen LogP contribution in [0.2, 0.25) is 5.02 Å². The maximum absolute atomic E-state index is 11.9. The van der Waals surface area contributed by atoms with Crippen molar-refractivity contribution in [3.63, 3.8) is 0 Å². The lowest BCUT2D eigenvalue weighted by molar-refractivity contribution is -0.129. The molecule has 0 fully saturated rings. The minimum absolute atomic E-state index is 0.191. The Morgan fingerprint density at radius 2 is 1.68 bits per heavy atom. The second-order valence-corrected chi connectivity index (χ2v) is 6.71. The van der Waals surface area contributed by atoms with E-state index >= 15 is 0 Å². The van der Waals surface area contributed by atoms with E-state index in [1.807, 2.05) is 30.3 Å². The Balaban J connectivity index is 1.43. The molecule has 0 heterocycles. The van der Waals surface area contributed by atoms with Gasteiger partial charge in [0.1, 0.15) is 11.5 Å². The van der Waals surface area contributed by atoms with Gasteiger partial charge in [0.15, 0.2) is 6.61 Å². The Bertz CT molecular complexity index is 1080. The summed E-state index contributed by atoms with van der Waals surface area (Å²) >= 11 is 5.86. The van der Waals surface area contributed by atoms with Gasteiger partial charge in [0.25, 0.3) is 5.91 Å². The third kappa shape index (κ3) is 7.79. The van der Waals surface area contributed by atoms with Crippen LogP contribution in [0.5, 0.6) is 11.5 Å². The lowest BCUT2D eigenvalue weighted by Gasteiger charge is -2.05. The Hall–Kier alpha value is -3.90. The van der Waals surface area contributed by atoms with Crippen LogP contribution >= 0.6 is 11.6 Å². The quantitative estimate of drug-likeness (QED) is 0.186. The Labute approximate surface area is 184 Å². The number of rotatable bonds is 8. The Morgan fingerprint density at radius 1 is 0.903 bits per heavy atom. The molecular formula is C24H19ClN2O4. The summed E-state index contributed by atoms with van der Waals surface area (Å²) in [5.41, 5.74) is 4.00. The average molecular weight is 435 g/mol. The smallest absolute Gasteiger partial charge is 0.336 e. The summed E-state index contributed by atoms with van der Waals surface area (Å²) in [7, 11) is 0. The number of hydrogen-bond donors (Lipinski definition) is 1. The van der Waals surface area contributed by atoms with E-state index in [0.29, 0.717) is 16.5 Å². The van der Waals surface area contributed by atoms with Gasteiger partial charge in [0.2, 0.25) is 0 Å². The van der Waals surface area contributed by atoms with Crippen LogP contribution in [-0.4, -0.2) is 24.7 Å². The van der Waals surface area contributed by atoms with Gasteiger partial charge in [0.05, 0.1) is 6.21 Å². The van der Waals surface area contributed by atoms with Gasteiger partial charge in [-0.25, -0.2) is 10.2 Å². The van der Waals surface area contributed by atoms with E-state index in [2.05, 4.69) is 10.5 Å². The van der Waals surface area contributed by atoms with Crippen molar-refractivity contribution in [3.05, 3.63) is 101 Å². The van der Waals surface area contributed by atoms with E-state index in [4.69, 9.17) is 21.1 Å². The molecule has 0 spiro atoms. The van der Waals surface area contributed by atoms with E-state index in [1.54, 1.807) is 54.6 Å². The second kappa shape index (κ2) is 11.3. The van der Waals surface area contributed by atoms with Crippen molar-refractivity contribution in [2.24, 2.45) is 5.10 Å². The van der Waals surface area contributed by atoms with E-state index in [-0.39, 0.29) is 6.61 Å². The average Bonchev–Trinajstić information content (AvgIpc) is 2.78. The fourth-order valence-corrected chi connectivity index (χ4v) is 2.60. The number of esters is 1. The first kappa shape index (κ1) is 21.8. The summed E-state index contributed by atoms with van der Waals surface area (Å²) in [6, 6.07) is 22.9. The van der Waals surface area contributed by atoms with Gasteiger partial charge in [-0.15, -0.1) is 0 Å². The van der Waals surface area contributed by atoms with Crippen LogP contribution in [-0.2, 0) is 9.59 Å². The van der Waals surface area contributed by atoms with E-state index in [0.717, 1.165) is 11.1 Å². The maximum atomic E-state index is 11.9. The first-order chi connectivity index (χ1) is 15.1. The third-order valence-electron chi connectivity index (χ3n) is 3.88. The number of ether oxygens (including phenoxy) is 2. The monoisotopic (exact) mass is 434 g/mol. The van der Waals surface area contributed by atoms with Crippen LogP contribution < -0.4 is 14.9 Å². The predicted octanol–water partition coefficient (Wildman–Crippen LogP) is 4.49. The fourth-order valence-electron chi connectivity index (χ4n) is 2.42. The number of nitrogens with zero attached hydrogens (tertiary/aromatic N) is 1. The molecule has 6 nitrogen and oxygen atoms in total. The minimum Gasteiger partial charge on any atom is -0.484 e. The molecule has 0 aliphatic carbocycles. The molecule has 3 rings (SSSR count). The van der Waals surface area contributed by atoms with Crippen LogP contribution in [0.3, 0.4) is 0 Å². The lowest BCUT2D eigenvalue weighted by Crippen LogP contribution is -2.24. The molecule has 3 aromatic rings. The van der Waals surface area contributed by atoms with Crippen LogP contribution in [0.4, 0.5) is 0 Å². The fraction of sp³-hybridized carbons (Fsp3) is 0.0417. The number of benzene rings is 3. The molecule has 0 saturated carbocycles. The number of carbonyl (C=O) groups is 2. The topological polar surface area (TPSA) is 77.0 Å². The summed E-state index contributed by atoms with van der Waals surface area (Å²) in [6.07, 6.45) is 4.52. The van der Waals surface area contributed by atoms with Crippen LogP contribution in [0.25, 0.3) is 6.08 Å². The van der Waals surface area contributed by atoms with Gasteiger partial charge in [-0.2, -0.15) is 5.10 Å². The number of hydrazone groups is 1. The Morgan fingerprint density at radius 3 is 2.42 bits per heavy atom. The summed E-state index contributed by atoms with van der Waals surface area (Å²) < 4.78 is 10.6. The molecular weight excluding hydrogens is 416 g/mol. The minimum atomic E-state index is -0.475. The van der Waals surface area contributed by atoms with Crippen molar-refractivity contribution in [3.8, 4) is 11.5 Å². The van der Waals surface area contributed by atoms with Gasteiger partial charge < -0.3 is 9.47 Å². The highest BCUT2D eigenvalue weighted by Gasteiger charge is 2.03. The van der Waals surface area contributed by atoms with Gasteiger partial charge in [-0.3, -0.25) is 4.79 Å². The standard InChI is InChI=1S/C24H19ClN2O4/c25-20-7-4-8-22(15-20)30-17-23(28)27-26-16-19-9-12-21(13-10-19)31-24(29)14-11-18-5-2-1-3-6-18/h1-16H,17H2,(H,27,28)/b14-11+,26-16+. The molecule has 1 N–H and O–H groups in total. The SMILES string of the molecule is O=C(COc1cccc(Cl)c1)N/N=C/c1ccc(OC(=O)/C=C/c2ccccc2)cc1.